The fraction of sp³-hybridized carbons (Fsp3) is 0.133. The lowest BCUT2D eigenvalue weighted by Gasteiger charge is -2.08. The van der Waals surface area contributed by atoms with Gasteiger partial charge < -0.3 is 14.7 Å². The smallest absolute Gasteiger partial charge is 0.293 e. The van der Waals surface area contributed by atoms with Crippen molar-refractivity contribution in [2.24, 2.45) is 0 Å². The van der Waals surface area contributed by atoms with Crippen LogP contribution in [0, 0.1) is 0 Å². The molecule has 0 aliphatic rings. The minimum absolute atomic E-state index is 0.378. The molecule has 0 unspecified atom stereocenters. The van der Waals surface area contributed by atoms with Gasteiger partial charge in [-0.1, -0.05) is 30.3 Å². The number of hydrogen-bond donors (Lipinski definition) is 2. The van der Waals surface area contributed by atoms with E-state index >= 15 is 0 Å². The van der Waals surface area contributed by atoms with Gasteiger partial charge in [0.1, 0.15) is 5.82 Å². The van der Waals surface area contributed by atoms with Crippen LogP contribution in [0.5, 0.6) is 5.75 Å². The first-order valence-electron chi connectivity index (χ1n) is 6.52. The van der Waals surface area contributed by atoms with Crippen molar-refractivity contribution in [3.63, 3.8) is 0 Å². The van der Waals surface area contributed by atoms with E-state index in [1.807, 2.05) is 34.9 Å². The van der Waals surface area contributed by atoms with Gasteiger partial charge in [-0.25, -0.2) is 9.97 Å². The molecular weight excluding hydrogens is 268 g/mol. The first kappa shape index (κ1) is 13.1. The Bertz CT molecular complexity index is 793. The summed E-state index contributed by atoms with van der Waals surface area (Å²) in [6.07, 6.45) is 5.10. The quantitative estimate of drug-likeness (QED) is 0.755. The van der Waals surface area contributed by atoms with Crippen LogP contribution in [0.1, 0.15) is 17.1 Å². The number of H-pyrrole nitrogens is 1. The molecule has 1 aromatic carbocycles. The van der Waals surface area contributed by atoms with E-state index in [-0.39, 0.29) is 5.75 Å². The molecule has 3 aromatic rings. The van der Waals surface area contributed by atoms with Crippen LogP contribution in [-0.4, -0.2) is 24.6 Å². The van der Waals surface area contributed by atoms with Gasteiger partial charge in [-0.15, -0.1) is 0 Å². The zero-order valence-electron chi connectivity index (χ0n) is 11.2. The van der Waals surface area contributed by atoms with Gasteiger partial charge >= 0.3 is 0 Å². The molecule has 2 heterocycles. The number of aromatic hydroxyl groups is 1. The number of nitrogens with one attached hydrogen (secondary N) is 1. The first-order valence-corrected chi connectivity index (χ1v) is 6.52. The molecular formula is C15H14N4O2. The van der Waals surface area contributed by atoms with Crippen molar-refractivity contribution in [2.45, 2.75) is 13.0 Å². The highest BCUT2D eigenvalue weighted by molar-refractivity contribution is 5.18. The van der Waals surface area contributed by atoms with Crippen LogP contribution in [0.15, 0.2) is 53.8 Å². The van der Waals surface area contributed by atoms with Gasteiger partial charge in [0.25, 0.3) is 5.56 Å². The molecule has 0 radical (unpaired) electrons. The summed E-state index contributed by atoms with van der Waals surface area (Å²) in [5.41, 5.74) is 1.57. The molecule has 3 rings (SSSR count). The summed E-state index contributed by atoms with van der Waals surface area (Å²) in [6, 6.07) is 10.0. The predicted molar refractivity (Wildman–Crippen MR) is 77.1 cm³/mol. The number of rotatable bonds is 4. The van der Waals surface area contributed by atoms with Gasteiger partial charge in [0.15, 0.2) is 5.75 Å². The second-order valence-corrected chi connectivity index (χ2v) is 4.72. The van der Waals surface area contributed by atoms with E-state index < -0.39 is 5.56 Å². The Balaban J connectivity index is 1.82. The van der Waals surface area contributed by atoms with Gasteiger partial charge in [0.05, 0.1) is 12.5 Å². The fourth-order valence-electron chi connectivity index (χ4n) is 2.10. The maximum atomic E-state index is 11.4. The lowest BCUT2D eigenvalue weighted by atomic mass is 10.2. The van der Waals surface area contributed by atoms with Crippen molar-refractivity contribution in [3.05, 3.63) is 76.5 Å². The fourth-order valence-corrected chi connectivity index (χ4v) is 2.10. The Morgan fingerprint density at radius 2 is 2.00 bits per heavy atom. The molecule has 2 aromatic heterocycles. The van der Waals surface area contributed by atoms with Crippen LogP contribution in [-0.2, 0) is 13.0 Å². The molecule has 0 saturated carbocycles. The molecule has 0 amide bonds. The third-order valence-electron chi connectivity index (χ3n) is 3.18. The molecule has 0 atom stereocenters. The molecule has 0 aliphatic carbocycles. The Morgan fingerprint density at radius 3 is 2.76 bits per heavy atom. The zero-order chi connectivity index (χ0) is 14.7. The van der Waals surface area contributed by atoms with Crippen LogP contribution >= 0.6 is 0 Å². The minimum atomic E-state index is -0.533. The van der Waals surface area contributed by atoms with Gasteiger partial charge in [-0.3, -0.25) is 4.79 Å². The average Bonchev–Trinajstić information content (AvgIpc) is 2.91. The molecule has 0 saturated heterocycles. The highest BCUT2D eigenvalue weighted by Crippen LogP contribution is 2.09. The summed E-state index contributed by atoms with van der Waals surface area (Å²) in [5.74, 6) is 0.115. The average molecular weight is 282 g/mol. The van der Waals surface area contributed by atoms with Crippen LogP contribution in [0.2, 0.25) is 0 Å². The third-order valence-corrected chi connectivity index (χ3v) is 3.18. The van der Waals surface area contributed by atoms with E-state index in [0.29, 0.717) is 18.8 Å². The summed E-state index contributed by atoms with van der Waals surface area (Å²) in [5, 5.41) is 9.20. The van der Waals surface area contributed by atoms with Gasteiger partial charge in [-0.2, -0.15) is 0 Å². The lowest BCUT2D eigenvalue weighted by molar-refractivity contribution is 0.462. The molecule has 2 N–H and O–H groups in total. The molecule has 0 aliphatic heterocycles. The third kappa shape index (κ3) is 3.00. The number of aromatic amines is 1. The van der Waals surface area contributed by atoms with Crippen molar-refractivity contribution < 1.29 is 5.11 Å². The normalized spacial score (nSPS) is 10.7. The van der Waals surface area contributed by atoms with Crippen molar-refractivity contribution in [3.8, 4) is 5.75 Å². The molecule has 6 heteroatoms. The van der Waals surface area contributed by atoms with E-state index in [2.05, 4.69) is 15.0 Å². The van der Waals surface area contributed by atoms with Gasteiger partial charge in [0, 0.05) is 24.9 Å². The number of aromatic nitrogens is 4. The van der Waals surface area contributed by atoms with Gasteiger partial charge in [0.2, 0.25) is 0 Å². The number of hydrogen-bond acceptors (Lipinski definition) is 4. The Hall–Kier alpha value is -2.89. The predicted octanol–water partition coefficient (Wildman–Crippen LogP) is 1.31. The van der Waals surface area contributed by atoms with Crippen molar-refractivity contribution in [2.75, 3.05) is 0 Å². The monoisotopic (exact) mass is 282 g/mol. The van der Waals surface area contributed by atoms with Crippen LogP contribution < -0.4 is 5.56 Å². The lowest BCUT2D eigenvalue weighted by Crippen LogP contribution is -2.12. The van der Waals surface area contributed by atoms with E-state index in [1.54, 1.807) is 12.5 Å². The van der Waals surface area contributed by atoms with E-state index in [9.17, 15) is 9.90 Å². The summed E-state index contributed by atoms with van der Waals surface area (Å²) >= 11 is 0. The molecule has 21 heavy (non-hydrogen) atoms. The Morgan fingerprint density at radius 1 is 1.19 bits per heavy atom. The molecule has 0 fully saturated rings. The van der Waals surface area contributed by atoms with Crippen molar-refractivity contribution >= 4 is 0 Å². The Labute approximate surface area is 120 Å². The summed E-state index contributed by atoms with van der Waals surface area (Å²) < 4.78 is 2.00. The Kier molecular flexibility index (Phi) is 3.51. The molecule has 0 spiro atoms. The SMILES string of the molecule is O=c1[nH]c(Cc2cncn2Cc2ccccc2)ncc1O. The standard InChI is InChI=1S/C15H14N4O2/c20-13-8-17-14(18-15(13)21)6-12-7-16-10-19(12)9-11-4-2-1-3-5-11/h1-5,7-8,10,20H,6,9H2,(H,17,18,21). The maximum absolute atomic E-state index is 11.4. The van der Waals surface area contributed by atoms with Crippen LogP contribution in [0.4, 0.5) is 0 Å². The van der Waals surface area contributed by atoms with Gasteiger partial charge in [-0.05, 0) is 5.56 Å². The topological polar surface area (TPSA) is 83.8 Å². The second kappa shape index (κ2) is 5.62. The highest BCUT2D eigenvalue weighted by Gasteiger charge is 2.07. The second-order valence-electron chi connectivity index (χ2n) is 4.72. The molecule has 6 nitrogen and oxygen atoms in total. The number of imidazole rings is 1. The van der Waals surface area contributed by atoms with E-state index in [0.717, 1.165) is 11.9 Å². The number of benzene rings is 1. The molecule has 0 bridgehead atoms. The van der Waals surface area contributed by atoms with Crippen LogP contribution in [0.25, 0.3) is 0 Å². The minimum Gasteiger partial charge on any atom is -0.502 e. The van der Waals surface area contributed by atoms with E-state index in [4.69, 9.17) is 0 Å². The summed E-state index contributed by atoms with van der Waals surface area (Å²) in [6.45, 7) is 0.707. The maximum Gasteiger partial charge on any atom is 0.293 e. The first-order chi connectivity index (χ1) is 10.2. The van der Waals surface area contributed by atoms with Crippen molar-refractivity contribution in [1.29, 1.82) is 0 Å². The largest absolute Gasteiger partial charge is 0.502 e. The zero-order valence-corrected chi connectivity index (χ0v) is 11.2. The van der Waals surface area contributed by atoms with Crippen molar-refractivity contribution in [1.82, 2.24) is 19.5 Å². The molecule has 106 valence electrons. The summed E-state index contributed by atoms with van der Waals surface area (Å²) in [4.78, 5) is 22.1. The van der Waals surface area contributed by atoms with Crippen LogP contribution in [0.3, 0.4) is 0 Å². The summed E-state index contributed by atoms with van der Waals surface area (Å²) in [7, 11) is 0. The van der Waals surface area contributed by atoms with E-state index in [1.165, 1.54) is 5.56 Å². The number of nitrogens with zero attached hydrogens (tertiary/aromatic N) is 3. The highest BCUT2D eigenvalue weighted by atomic mass is 16.3.